The van der Waals surface area contributed by atoms with Gasteiger partial charge in [-0.15, -0.1) is 0 Å². The quantitative estimate of drug-likeness (QED) is 0.666. The number of aliphatic carboxylic acids is 1. The van der Waals surface area contributed by atoms with Crippen LogP contribution in [0, 0.1) is 5.82 Å². The van der Waals surface area contributed by atoms with Crippen molar-refractivity contribution in [3.63, 3.8) is 0 Å². The average Bonchev–Trinajstić information content (AvgIpc) is 3.13. The zero-order valence-electron chi connectivity index (χ0n) is 13.5. The van der Waals surface area contributed by atoms with Crippen molar-refractivity contribution in [1.29, 1.82) is 0 Å². The summed E-state index contributed by atoms with van der Waals surface area (Å²) in [5.74, 6) is -1.81. The van der Waals surface area contributed by atoms with Crippen molar-refractivity contribution in [2.45, 2.75) is 0 Å². The Kier molecular flexibility index (Phi) is 4.94. The first-order valence-electron chi connectivity index (χ1n) is 7.70. The van der Waals surface area contributed by atoms with Gasteiger partial charge in [-0.05, 0) is 35.9 Å². The van der Waals surface area contributed by atoms with Crippen LogP contribution >= 0.6 is 0 Å². The third-order valence-corrected chi connectivity index (χ3v) is 3.55. The second kappa shape index (κ2) is 7.48. The molecule has 3 aromatic rings. The molecule has 0 aliphatic carbocycles. The first kappa shape index (κ1) is 17.2. The molecule has 0 saturated carbocycles. The van der Waals surface area contributed by atoms with E-state index >= 15 is 0 Å². The SMILES string of the molecule is O=C(O)/C=C/c1ccc(F)c(NC(=O)c2ccc(-c3ccccc3)o2)c1. The third kappa shape index (κ3) is 4.05. The fourth-order valence-electron chi connectivity index (χ4n) is 2.31. The van der Waals surface area contributed by atoms with Crippen LogP contribution in [0.15, 0.2) is 71.2 Å². The first-order chi connectivity index (χ1) is 12.5. The van der Waals surface area contributed by atoms with Crippen molar-refractivity contribution in [3.8, 4) is 11.3 Å². The monoisotopic (exact) mass is 351 g/mol. The number of hydrogen-bond donors (Lipinski definition) is 2. The summed E-state index contributed by atoms with van der Waals surface area (Å²) in [6.07, 6.45) is 2.23. The summed E-state index contributed by atoms with van der Waals surface area (Å²) in [7, 11) is 0. The molecule has 5 nitrogen and oxygen atoms in total. The van der Waals surface area contributed by atoms with Gasteiger partial charge in [0, 0.05) is 11.6 Å². The molecule has 26 heavy (non-hydrogen) atoms. The molecule has 0 aliphatic rings. The van der Waals surface area contributed by atoms with Gasteiger partial charge in [0.15, 0.2) is 5.76 Å². The second-order valence-corrected chi connectivity index (χ2v) is 5.39. The van der Waals surface area contributed by atoms with Gasteiger partial charge in [0.1, 0.15) is 11.6 Å². The Hall–Kier alpha value is -3.67. The highest BCUT2D eigenvalue weighted by Crippen LogP contribution is 2.23. The van der Waals surface area contributed by atoms with Crippen molar-refractivity contribution >= 4 is 23.6 Å². The third-order valence-electron chi connectivity index (χ3n) is 3.55. The highest BCUT2D eigenvalue weighted by Gasteiger charge is 2.14. The topological polar surface area (TPSA) is 79.5 Å². The Bertz CT molecular complexity index is 976. The lowest BCUT2D eigenvalue weighted by Crippen LogP contribution is -2.12. The van der Waals surface area contributed by atoms with Crippen LogP contribution in [0.2, 0.25) is 0 Å². The summed E-state index contributed by atoms with van der Waals surface area (Å²) in [4.78, 5) is 22.9. The van der Waals surface area contributed by atoms with E-state index in [0.717, 1.165) is 17.7 Å². The number of hydrogen-bond acceptors (Lipinski definition) is 3. The summed E-state index contributed by atoms with van der Waals surface area (Å²) in [5.41, 5.74) is 1.19. The molecule has 1 aromatic heterocycles. The molecule has 1 amide bonds. The maximum Gasteiger partial charge on any atom is 0.328 e. The van der Waals surface area contributed by atoms with Gasteiger partial charge in [-0.2, -0.15) is 0 Å². The molecular formula is C20H14FNO4. The van der Waals surface area contributed by atoms with E-state index in [-0.39, 0.29) is 11.4 Å². The molecule has 0 fully saturated rings. The predicted molar refractivity (Wildman–Crippen MR) is 95.2 cm³/mol. The van der Waals surface area contributed by atoms with Gasteiger partial charge in [-0.1, -0.05) is 36.4 Å². The lowest BCUT2D eigenvalue weighted by Gasteiger charge is -2.06. The lowest BCUT2D eigenvalue weighted by atomic mass is 10.1. The first-order valence-corrected chi connectivity index (χ1v) is 7.70. The number of amides is 1. The van der Waals surface area contributed by atoms with E-state index < -0.39 is 17.7 Å². The number of rotatable bonds is 5. The number of furan rings is 1. The van der Waals surface area contributed by atoms with Gasteiger partial charge in [0.2, 0.25) is 0 Å². The van der Waals surface area contributed by atoms with Gasteiger partial charge in [-0.3, -0.25) is 4.79 Å². The van der Waals surface area contributed by atoms with Crippen LogP contribution in [0.4, 0.5) is 10.1 Å². The van der Waals surface area contributed by atoms with Crippen molar-refractivity contribution in [1.82, 2.24) is 0 Å². The Morgan fingerprint density at radius 3 is 2.54 bits per heavy atom. The summed E-state index contributed by atoms with van der Waals surface area (Å²) in [5, 5.41) is 11.1. The van der Waals surface area contributed by atoms with Crippen LogP contribution in [0.5, 0.6) is 0 Å². The highest BCUT2D eigenvalue weighted by atomic mass is 19.1. The summed E-state index contributed by atoms with van der Waals surface area (Å²) in [6.45, 7) is 0. The number of carboxylic acids is 1. The van der Waals surface area contributed by atoms with Crippen molar-refractivity contribution in [3.05, 3.63) is 83.9 Å². The smallest absolute Gasteiger partial charge is 0.328 e. The number of carbonyl (C=O) groups is 2. The molecule has 3 rings (SSSR count). The lowest BCUT2D eigenvalue weighted by molar-refractivity contribution is -0.131. The van der Waals surface area contributed by atoms with Gasteiger partial charge >= 0.3 is 5.97 Å². The fourth-order valence-corrected chi connectivity index (χ4v) is 2.31. The molecule has 0 spiro atoms. The number of carbonyl (C=O) groups excluding carboxylic acids is 1. The summed E-state index contributed by atoms with van der Waals surface area (Å²) in [6, 6.07) is 16.3. The minimum absolute atomic E-state index is 0.0368. The minimum atomic E-state index is -1.12. The van der Waals surface area contributed by atoms with E-state index in [9.17, 15) is 14.0 Å². The van der Waals surface area contributed by atoms with Crippen LogP contribution in [0.3, 0.4) is 0 Å². The molecule has 130 valence electrons. The number of benzene rings is 2. The van der Waals surface area contributed by atoms with Crippen LogP contribution in [-0.4, -0.2) is 17.0 Å². The van der Waals surface area contributed by atoms with Gasteiger partial charge in [0.05, 0.1) is 5.69 Å². The fraction of sp³-hybridized carbons (Fsp3) is 0. The van der Waals surface area contributed by atoms with E-state index in [2.05, 4.69) is 5.32 Å². The molecule has 0 saturated heterocycles. The highest BCUT2D eigenvalue weighted by molar-refractivity contribution is 6.02. The van der Waals surface area contributed by atoms with Crippen LogP contribution < -0.4 is 5.32 Å². The Morgan fingerprint density at radius 1 is 1.04 bits per heavy atom. The van der Waals surface area contributed by atoms with Gasteiger partial charge in [-0.25, -0.2) is 9.18 Å². The Labute approximate surface area is 148 Å². The van der Waals surface area contributed by atoms with Gasteiger partial charge in [0.25, 0.3) is 5.91 Å². The average molecular weight is 351 g/mol. The molecule has 0 bridgehead atoms. The number of anilines is 1. The minimum Gasteiger partial charge on any atom is -0.478 e. The van der Waals surface area contributed by atoms with Crippen LogP contribution in [0.25, 0.3) is 17.4 Å². The number of halogens is 1. The molecule has 6 heteroatoms. The number of nitrogens with one attached hydrogen (secondary N) is 1. The standard InChI is InChI=1S/C20H14FNO4/c21-15-8-6-13(7-11-19(23)24)12-16(15)22-20(25)18-10-9-17(26-18)14-4-2-1-3-5-14/h1-12H,(H,22,25)(H,23,24)/b11-7+. The van der Waals surface area contributed by atoms with E-state index in [0.29, 0.717) is 11.3 Å². The maximum atomic E-state index is 13.9. The molecule has 2 N–H and O–H groups in total. The zero-order chi connectivity index (χ0) is 18.5. The summed E-state index contributed by atoms with van der Waals surface area (Å²) >= 11 is 0. The largest absolute Gasteiger partial charge is 0.478 e. The van der Waals surface area contributed by atoms with Crippen LogP contribution in [0.1, 0.15) is 16.1 Å². The number of carboxylic acid groups (broad SMARTS) is 1. The molecule has 0 radical (unpaired) electrons. The molecule has 0 unspecified atom stereocenters. The summed E-state index contributed by atoms with van der Waals surface area (Å²) < 4.78 is 19.5. The predicted octanol–water partition coefficient (Wildman–Crippen LogP) is 4.44. The second-order valence-electron chi connectivity index (χ2n) is 5.39. The molecule has 0 atom stereocenters. The van der Waals surface area contributed by atoms with Crippen molar-refractivity contribution in [2.24, 2.45) is 0 Å². The van der Waals surface area contributed by atoms with Crippen LogP contribution in [-0.2, 0) is 4.79 Å². The maximum absolute atomic E-state index is 13.9. The van der Waals surface area contributed by atoms with E-state index in [1.165, 1.54) is 24.3 Å². The Morgan fingerprint density at radius 2 is 1.81 bits per heavy atom. The van der Waals surface area contributed by atoms with E-state index in [1.807, 2.05) is 30.3 Å². The molecule has 0 aliphatic heterocycles. The van der Waals surface area contributed by atoms with E-state index in [1.54, 1.807) is 6.07 Å². The molecular weight excluding hydrogens is 337 g/mol. The van der Waals surface area contributed by atoms with Gasteiger partial charge < -0.3 is 14.8 Å². The van der Waals surface area contributed by atoms with Crippen molar-refractivity contribution in [2.75, 3.05) is 5.32 Å². The molecule has 2 aromatic carbocycles. The van der Waals surface area contributed by atoms with E-state index in [4.69, 9.17) is 9.52 Å². The molecule has 1 heterocycles. The van der Waals surface area contributed by atoms with Crippen molar-refractivity contribution < 1.29 is 23.5 Å². The normalized spacial score (nSPS) is 10.8. The zero-order valence-corrected chi connectivity index (χ0v) is 13.5. The Balaban J connectivity index is 1.79.